The summed E-state index contributed by atoms with van der Waals surface area (Å²) in [5, 5.41) is 0. The quantitative estimate of drug-likeness (QED) is 0.790. The Bertz CT molecular complexity index is 656. The molecule has 25 heavy (non-hydrogen) atoms. The summed E-state index contributed by atoms with van der Waals surface area (Å²) in [5.41, 5.74) is 1.89. The highest BCUT2D eigenvalue weighted by Gasteiger charge is 2.37. The van der Waals surface area contributed by atoms with Gasteiger partial charge in [0.25, 0.3) is 0 Å². The number of rotatable bonds is 4. The predicted molar refractivity (Wildman–Crippen MR) is 95.2 cm³/mol. The van der Waals surface area contributed by atoms with Crippen molar-refractivity contribution in [2.75, 3.05) is 19.6 Å². The number of nitrogens with zero attached hydrogens (tertiary/aromatic N) is 1. The maximum atomic E-state index is 12.5. The molecule has 130 valence electrons. The van der Waals surface area contributed by atoms with Crippen LogP contribution in [-0.4, -0.2) is 36.8 Å². The molecule has 3 heterocycles. The van der Waals surface area contributed by atoms with E-state index >= 15 is 0 Å². The molecule has 3 aliphatic rings. The lowest BCUT2D eigenvalue weighted by Gasteiger charge is -2.43. The zero-order valence-electron chi connectivity index (χ0n) is 14.2. The van der Waals surface area contributed by atoms with Crippen molar-refractivity contribution in [1.82, 2.24) is 4.90 Å². The zero-order chi connectivity index (χ0) is 17.1. The highest BCUT2D eigenvalue weighted by atomic mass is 16.7. The van der Waals surface area contributed by atoms with Gasteiger partial charge in [0.2, 0.25) is 0 Å². The van der Waals surface area contributed by atoms with E-state index in [9.17, 15) is 4.79 Å². The van der Waals surface area contributed by atoms with Crippen LogP contribution in [0.5, 0.6) is 0 Å². The van der Waals surface area contributed by atoms with Crippen LogP contribution in [0, 0.1) is 5.92 Å². The van der Waals surface area contributed by atoms with Gasteiger partial charge in [0.1, 0.15) is 6.10 Å². The summed E-state index contributed by atoms with van der Waals surface area (Å²) in [6.07, 6.45) is 1.16. The van der Waals surface area contributed by atoms with E-state index in [2.05, 4.69) is 4.90 Å². The second-order valence-corrected chi connectivity index (χ2v) is 6.86. The fourth-order valence-corrected chi connectivity index (χ4v) is 3.88. The Kier molecular flexibility index (Phi) is 4.70. The van der Waals surface area contributed by atoms with Crippen LogP contribution >= 0.6 is 0 Å². The lowest BCUT2D eigenvalue weighted by molar-refractivity contribution is -0.0642. The molecule has 0 aliphatic carbocycles. The van der Waals surface area contributed by atoms with Crippen molar-refractivity contribution in [3.8, 4) is 0 Å². The summed E-state index contributed by atoms with van der Waals surface area (Å²) in [6.45, 7) is 3.08. The van der Waals surface area contributed by atoms with Crippen molar-refractivity contribution in [3.05, 3.63) is 71.8 Å². The fourth-order valence-electron chi connectivity index (χ4n) is 3.88. The third-order valence-electron chi connectivity index (χ3n) is 5.26. The molecule has 0 amide bonds. The zero-order valence-corrected chi connectivity index (χ0v) is 14.2. The van der Waals surface area contributed by atoms with Crippen LogP contribution in [0.4, 0.5) is 4.79 Å². The first-order valence-electron chi connectivity index (χ1n) is 8.99. The number of hydrogen-bond acceptors (Lipinski definition) is 4. The second kappa shape index (κ2) is 7.28. The molecule has 4 heteroatoms. The van der Waals surface area contributed by atoms with Crippen molar-refractivity contribution in [3.63, 3.8) is 0 Å². The summed E-state index contributed by atoms with van der Waals surface area (Å²) in [6, 6.07) is 19.6. The molecule has 3 saturated heterocycles. The van der Waals surface area contributed by atoms with Crippen LogP contribution in [0.2, 0.25) is 0 Å². The monoisotopic (exact) mass is 337 g/mol. The van der Waals surface area contributed by atoms with Crippen LogP contribution in [0.3, 0.4) is 0 Å². The molecule has 0 aromatic heterocycles. The number of ether oxygens (including phenoxy) is 2. The number of carbonyl (C=O) groups is 1. The predicted octanol–water partition coefficient (Wildman–Crippen LogP) is 4.02. The van der Waals surface area contributed by atoms with Crippen molar-refractivity contribution < 1.29 is 14.3 Å². The van der Waals surface area contributed by atoms with E-state index in [-0.39, 0.29) is 6.10 Å². The van der Waals surface area contributed by atoms with Gasteiger partial charge in [0, 0.05) is 6.54 Å². The van der Waals surface area contributed by atoms with Gasteiger partial charge in [-0.15, -0.1) is 0 Å². The van der Waals surface area contributed by atoms with E-state index in [0.717, 1.165) is 43.6 Å². The maximum Gasteiger partial charge on any atom is 0.509 e. The molecule has 0 radical (unpaired) electrons. The molecule has 3 aliphatic heterocycles. The third-order valence-corrected chi connectivity index (χ3v) is 5.26. The van der Waals surface area contributed by atoms with Crippen LogP contribution in [0.15, 0.2) is 60.7 Å². The molecule has 1 unspecified atom stereocenters. The van der Waals surface area contributed by atoms with E-state index in [1.54, 1.807) is 0 Å². The van der Waals surface area contributed by atoms with Crippen LogP contribution in [0.1, 0.15) is 30.1 Å². The van der Waals surface area contributed by atoms with Gasteiger partial charge in [-0.2, -0.15) is 0 Å². The standard InChI is InChI=1S/C21H23NO3/c23-21(24-19-15-22-13-11-16(19)12-14-22)25-20(17-7-3-1-4-8-17)18-9-5-2-6-10-18/h1-10,16,19-20H,11-15H2. The summed E-state index contributed by atoms with van der Waals surface area (Å²) in [5.74, 6) is 0.476. The van der Waals surface area contributed by atoms with Gasteiger partial charge in [-0.1, -0.05) is 60.7 Å². The molecule has 0 spiro atoms. The van der Waals surface area contributed by atoms with Crippen LogP contribution < -0.4 is 0 Å². The minimum Gasteiger partial charge on any atom is -0.429 e. The minimum atomic E-state index is -0.573. The SMILES string of the molecule is O=C(OC(c1ccccc1)c1ccccc1)OC1CN2CCC1CC2. The number of carbonyl (C=O) groups excluding carboxylic acids is 1. The van der Waals surface area contributed by atoms with Gasteiger partial charge in [-0.05, 0) is 43.0 Å². The average Bonchev–Trinajstić information content (AvgIpc) is 2.68. The Morgan fingerprint density at radius 3 is 1.96 bits per heavy atom. The van der Waals surface area contributed by atoms with Crippen molar-refractivity contribution in [1.29, 1.82) is 0 Å². The number of fused-ring (bicyclic) bond motifs is 3. The van der Waals surface area contributed by atoms with Gasteiger partial charge in [0.15, 0.2) is 6.10 Å². The Labute approximate surface area is 148 Å². The molecule has 0 N–H and O–H groups in total. The summed E-state index contributed by atoms with van der Waals surface area (Å²) < 4.78 is 11.4. The third kappa shape index (κ3) is 3.69. The second-order valence-electron chi connectivity index (χ2n) is 6.86. The summed E-state index contributed by atoms with van der Waals surface area (Å²) in [7, 11) is 0. The van der Waals surface area contributed by atoms with Crippen molar-refractivity contribution in [2.45, 2.75) is 25.0 Å². The van der Waals surface area contributed by atoms with E-state index in [4.69, 9.17) is 9.47 Å². The van der Waals surface area contributed by atoms with Crippen LogP contribution in [0.25, 0.3) is 0 Å². The average molecular weight is 337 g/mol. The van der Waals surface area contributed by atoms with Gasteiger partial charge in [-0.3, -0.25) is 4.90 Å². The van der Waals surface area contributed by atoms with E-state index < -0.39 is 12.3 Å². The smallest absolute Gasteiger partial charge is 0.429 e. The lowest BCUT2D eigenvalue weighted by Crippen LogP contribution is -2.52. The molecule has 0 saturated carbocycles. The molecular formula is C21H23NO3. The summed E-state index contributed by atoms with van der Waals surface area (Å²) in [4.78, 5) is 14.8. The topological polar surface area (TPSA) is 38.8 Å². The first kappa shape index (κ1) is 16.2. The van der Waals surface area contributed by atoms with Gasteiger partial charge < -0.3 is 9.47 Å². The first-order chi connectivity index (χ1) is 12.3. The highest BCUT2D eigenvalue weighted by Crippen LogP contribution is 2.31. The molecule has 2 bridgehead atoms. The molecule has 1 atom stereocenters. The molecule has 3 fully saturated rings. The Morgan fingerprint density at radius 2 is 1.48 bits per heavy atom. The Balaban J connectivity index is 1.48. The molecular weight excluding hydrogens is 314 g/mol. The molecule has 2 aromatic rings. The Morgan fingerprint density at radius 1 is 0.920 bits per heavy atom. The van der Waals surface area contributed by atoms with Crippen molar-refractivity contribution in [2.24, 2.45) is 5.92 Å². The normalized spacial score (nSPS) is 24.9. The largest absolute Gasteiger partial charge is 0.509 e. The molecule has 2 aromatic carbocycles. The van der Waals surface area contributed by atoms with Gasteiger partial charge in [-0.25, -0.2) is 4.79 Å². The molecule has 4 nitrogen and oxygen atoms in total. The maximum absolute atomic E-state index is 12.5. The van der Waals surface area contributed by atoms with Gasteiger partial charge >= 0.3 is 6.16 Å². The Hall–Kier alpha value is -2.33. The van der Waals surface area contributed by atoms with Crippen molar-refractivity contribution >= 4 is 6.16 Å². The minimum absolute atomic E-state index is 0.0396. The number of benzene rings is 2. The lowest BCUT2D eigenvalue weighted by atomic mass is 9.86. The fraction of sp³-hybridized carbons (Fsp3) is 0.381. The highest BCUT2D eigenvalue weighted by molar-refractivity contribution is 5.61. The van der Waals surface area contributed by atoms with E-state index in [1.807, 2.05) is 60.7 Å². The van der Waals surface area contributed by atoms with E-state index in [1.165, 1.54) is 0 Å². The number of hydrogen-bond donors (Lipinski definition) is 0. The number of piperidine rings is 3. The summed E-state index contributed by atoms with van der Waals surface area (Å²) >= 11 is 0. The van der Waals surface area contributed by atoms with Gasteiger partial charge in [0.05, 0.1) is 0 Å². The first-order valence-corrected chi connectivity index (χ1v) is 8.99. The van der Waals surface area contributed by atoms with E-state index in [0.29, 0.717) is 5.92 Å². The molecule has 5 rings (SSSR count). The van der Waals surface area contributed by atoms with Crippen LogP contribution in [-0.2, 0) is 9.47 Å².